The van der Waals surface area contributed by atoms with Crippen LogP contribution in [-0.2, 0) is 28.5 Å². The molecule has 172 valence electrons. The third-order valence-corrected chi connectivity index (χ3v) is 5.29. The van der Waals surface area contributed by atoms with Crippen molar-refractivity contribution in [2.24, 2.45) is 0 Å². The Morgan fingerprint density at radius 3 is 1.43 bits per heavy atom. The van der Waals surface area contributed by atoms with Crippen LogP contribution in [-0.4, -0.2) is 101 Å². The van der Waals surface area contributed by atoms with Gasteiger partial charge in [0.2, 0.25) is 0 Å². The second kappa shape index (κ2) is 16.2. The number of nitrogens with zero attached hydrogens (tertiary/aromatic N) is 2. The van der Waals surface area contributed by atoms with Crippen LogP contribution in [0, 0.1) is 0 Å². The van der Waals surface area contributed by atoms with Crippen molar-refractivity contribution in [3.8, 4) is 0 Å². The Labute approximate surface area is 180 Å². The van der Waals surface area contributed by atoms with E-state index >= 15 is 0 Å². The largest absolute Gasteiger partial charge is 0.463 e. The number of hydrogen-bond acceptors (Lipinski definition) is 8. The monoisotopic (exact) mass is 426 g/mol. The average Bonchev–Trinajstić information content (AvgIpc) is 2.78. The van der Waals surface area contributed by atoms with Crippen molar-refractivity contribution in [1.82, 2.24) is 9.80 Å². The highest BCUT2D eigenvalue weighted by Gasteiger charge is 2.10. The van der Waals surface area contributed by atoms with Crippen molar-refractivity contribution in [2.45, 2.75) is 38.5 Å². The highest BCUT2D eigenvalue weighted by molar-refractivity contribution is 5.91. The van der Waals surface area contributed by atoms with Gasteiger partial charge in [0.1, 0.15) is 0 Å². The normalized spacial score (nSPS) is 18.5. The minimum atomic E-state index is -0.495. The van der Waals surface area contributed by atoms with Crippen LogP contribution in [0.4, 0.5) is 0 Å². The van der Waals surface area contributed by atoms with Crippen LogP contribution >= 0.6 is 0 Å². The molecule has 0 aromatic heterocycles. The number of carbonyl (C=O) groups excluding carboxylic acids is 2. The molecule has 8 heteroatoms. The van der Waals surface area contributed by atoms with Gasteiger partial charge in [-0.25, -0.2) is 9.59 Å². The van der Waals surface area contributed by atoms with E-state index in [1.54, 1.807) is 0 Å². The smallest absolute Gasteiger partial charge is 0.331 e. The predicted molar refractivity (Wildman–Crippen MR) is 113 cm³/mol. The fourth-order valence-electron chi connectivity index (χ4n) is 3.46. The van der Waals surface area contributed by atoms with Crippen LogP contribution in [0.15, 0.2) is 12.2 Å². The molecule has 8 nitrogen and oxygen atoms in total. The van der Waals surface area contributed by atoms with Gasteiger partial charge in [-0.15, -0.1) is 0 Å². The Morgan fingerprint density at radius 1 is 0.633 bits per heavy atom. The summed E-state index contributed by atoms with van der Waals surface area (Å²) >= 11 is 0. The molecular formula is C22H38N2O6. The number of unbranched alkanes of at least 4 members (excludes halogenated alkanes) is 4. The van der Waals surface area contributed by atoms with E-state index in [-0.39, 0.29) is 0 Å². The predicted octanol–water partition coefficient (Wildman–Crippen LogP) is 1.63. The van der Waals surface area contributed by atoms with Crippen molar-refractivity contribution in [3.05, 3.63) is 12.2 Å². The number of morpholine rings is 2. The molecule has 30 heavy (non-hydrogen) atoms. The highest BCUT2D eigenvalue weighted by atomic mass is 16.5. The standard InChI is InChI=1S/C22H38N2O6/c25-21(29-15-5-1-3-9-23-11-17-27-18-12-23)7-8-22(26)30-16-6-2-4-10-24-13-19-28-20-14-24/h7-8H,1-6,9-20H2/b8-7+. The lowest BCUT2D eigenvalue weighted by atomic mass is 10.2. The molecule has 0 aromatic carbocycles. The molecule has 0 N–H and O–H groups in total. The maximum absolute atomic E-state index is 11.6. The fourth-order valence-corrected chi connectivity index (χ4v) is 3.46. The Kier molecular flexibility index (Phi) is 13.4. The zero-order valence-corrected chi connectivity index (χ0v) is 18.2. The molecule has 0 amide bonds. The van der Waals surface area contributed by atoms with E-state index in [0.717, 1.165) is 116 Å². The first-order valence-electron chi connectivity index (χ1n) is 11.4. The van der Waals surface area contributed by atoms with Gasteiger partial charge >= 0.3 is 11.9 Å². The van der Waals surface area contributed by atoms with Gasteiger partial charge in [0, 0.05) is 38.3 Å². The second-order valence-electron chi connectivity index (χ2n) is 7.70. The van der Waals surface area contributed by atoms with Crippen molar-refractivity contribution >= 4 is 11.9 Å². The third-order valence-electron chi connectivity index (χ3n) is 5.29. The maximum atomic E-state index is 11.6. The van der Waals surface area contributed by atoms with E-state index < -0.39 is 11.9 Å². The minimum Gasteiger partial charge on any atom is -0.463 e. The van der Waals surface area contributed by atoms with Crippen LogP contribution in [0.1, 0.15) is 38.5 Å². The van der Waals surface area contributed by atoms with Crippen molar-refractivity contribution in [2.75, 3.05) is 78.9 Å². The van der Waals surface area contributed by atoms with Gasteiger partial charge in [-0.1, -0.05) is 0 Å². The van der Waals surface area contributed by atoms with Crippen LogP contribution in [0.5, 0.6) is 0 Å². The van der Waals surface area contributed by atoms with E-state index in [4.69, 9.17) is 18.9 Å². The van der Waals surface area contributed by atoms with Gasteiger partial charge in [0.05, 0.1) is 39.6 Å². The summed E-state index contributed by atoms with van der Waals surface area (Å²) in [5, 5.41) is 0. The summed E-state index contributed by atoms with van der Waals surface area (Å²) < 4.78 is 20.9. The van der Waals surface area contributed by atoms with Crippen LogP contribution in [0.2, 0.25) is 0 Å². The molecule has 0 bridgehead atoms. The Bertz CT molecular complexity index is 458. The van der Waals surface area contributed by atoms with E-state index in [1.165, 1.54) is 0 Å². The van der Waals surface area contributed by atoms with Gasteiger partial charge in [0.25, 0.3) is 0 Å². The zero-order chi connectivity index (χ0) is 21.3. The summed E-state index contributed by atoms with van der Waals surface area (Å²) in [6.45, 7) is 10.2. The molecule has 2 saturated heterocycles. The molecule has 0 aromatic rings. The molecule has 2 heterocycles. The van der Waals surface area contributed by atoms with Gasteiger partial charge in [0.15, 0.2) is 0 Å². The third kappa shape index (κ3) is 12.3. The van der Waals surface area contributed by atoms with Gasteiger partial charge in [-0.05, 0) is 51.6 Å². The summed E-state index contributed by atoms with van der Waals surface area (Å²) in [6.07, 6.45) is 8.17. The van der Waals surface area contributed by atoms with Gasteiger partial charge in [-0.2, -0.15) is 0 Å². The summed E-state index contributed by atoms with van der Waals surface area (Å²) in [5.74, 6) is -0.990. The number of esters is 2. The molecule has 0 saturated carbocycles. The van der Waals surface area contributed by atoms with Crippen LogP contribution in [0.3, 0.4) is 0 Å². The molecule has 2 fully saturated rings. The quantitative estimate of drug-likeness (QED) is 0.236. The maximum Gasteiger partial charge on any atom is 0.331 e. The van der Waals surface area contributed by atoms with E-state index in [2.05, 4.69) is 9.80 Å². The van der Waals surface area contributed by atoms with Gasteiger partial charge in [-0.3, -0.25) is 9.80 Å². The SMILES string of the molecule is O=C(/C=C/C(=O)OCCCCCN1CCOCC1)OCCCCCN1CCOCC1. The summed E-state index contributed by atoms with van der Waals surface area (Å²) in [6, 6.07) is 0. The lowest BCUT2D eigenvalue weighted by molar-refractivity contribution is -0.140. The summed E-state index contributed by atoms with van der Waals surface area (Å²) in [4.78, 5) is 28.1. The van der Waals surface area contributed by atoms with E-state index in [1.807, 2.05) is 0 Å². The van der Waals surface area contributed by atoms with Crippen molar-refractivity contribution in [1.29, 1.82) is 0 Å². The highest BCUT2D eigenvalue weighted by Crippen LogP contribution is 2.04. The average molecular weight is 427 g/mol. The molecule has 0 unspecified atom stereocenters. The topological polar surface area (TPSA) is 77.5 Å². The number of ether oxygens (including phenoxy) is 4. The fraction of sp³-hybridized carbons (Fsp3) is 0.818. The van der Waals surface area contributed by atoms with E-state index in [9.17, 15) is 9.59 Å². The zero-order valence-electron chi connectivity index (χ0n) is 18.2. The Balaban J connectivity index is 1.37. The molecule has 2 aliphatic rings. The minimum absolute atomic E-state index is 0.379. The van der Waals surface area contributed by atoms with Crippen LogP contribution < -0.4 is 0 Å². The van der Waals surface area contributed by atoms with Crippen molar-refractivity contribution in [3.63, 3.8) is 0 Å². The summed E-state index contributed by atoms with van der Waals surface area (Å²) in [7, 11) is 0. The summed E-state index contributed by atoms with van der Waals surface area (Å²) in [5.41, 5.74) is 0. The van der Waals surface area contributed by atoms with E-state index in [0.29, 0.717) is 13.2 Å². The molecule has 0 atom stereocenters. The first kappa shape index (κ1) is 24.8. The first-order chi connectivity index (χ1) is 14.7. The molecule has 0 radical (unpaired) electrons. The molecule has 0 spiro atoms. The lowest BCUT2D eigenvalue weighted by Gasteiger charge is -2.26. The number of carbonyl (C=O) groups is 2. The number of hydrogen-bond donors (Lipinski definition) is 0. The number of rotatable bonds is 14. The molecule has 0 aliphatic carbocycles. The second-order valence-corrected chi connectivity index (χ2v) is 7.70. The van der Waals surface area contributed by atoms with Crippen LogP contribution in [0.25, 0.3) is 0 Å². The Hall–Kier alpha value is -1.48. The Morgan fingerprint density at radius 2 is 1.03 bits per heavy atom. The lowest BCUT2D eigenvalue weighted by Crippen LogP contribution is -2.36. The van der Waals surface area contributed by atoms with Crippen molar-refractivity contribution < 1.29 is 28.5 Å². The molecule has 2 rings (SSSR count). The molecule has 2 aliphatic heterocycles. The van der Waals surface area contributed by atoms with Gasteiger partial charge < -0.3 is 18.9 Å². The molecular weight excluding hydrogens is 388 g/mol. The first-order valence-corrected chi connectivity index (χ1v) is 11.4.